The largest absolute Gasteiger partial charge is 0.294 e. The van der Waals surface area contributed by atoms with Gasteiger partial charge in [0, 0.05) is 12.8 Å². The SMILES string of the molecule is CCc1nc(CC)n(CC(C)C(=O)NN)n1. The quantitative estimate of drug-likeness (QED) is 0.420. The Morgan fingerprint density at radius 2 is 2.19 bits per heavy atom. The van der Waals surface area contributed by atoms with Crippen LogP contribution in [-0.4, -0.2) is 20.7 Å². The van der Waals surface area contributed by atoms with Crippen LogP contribution in [0.25, 0.3) is 0 Å². The zero-order valence-corrected chi connectivity index (χ0v) is 10.0. The maximum Gasteiger partial charge on any atom is 0.238 e. The van der Waals surface area contributed by atoms with Gasteiger partial charge in [-0.3, -0.25) is 10.2 Å². The van der Waals surface area contributed by atoms with Gasteiger partial charge in [-0.1, -0.05) is 20.8 Å². The number of carbonyl (C=O) groups is 1. The first-order valence-corrected chi connectivity index (χ1v) is 5.55. The first-order chi connectivity index (χ1) is 7.62. The van der Waals surface area contributed by atoms with Gasteiger partial charge in [0.25, 0.3) is 0 Å². The summed E-state index contributed by atoms with van der Waals surface area (Å²) in [5.74, 6) is 6.42. The Morgan fingerprint density at radius 1 is 1.50 bits per heavy atom. The van der Waals surface area contributed by atoms with Crippen LogP contribution in [0.15, 0.2) is 0 Å². The van der Waals surface area contributed by atoms with Crippen LogP contribution in [0.5, 0.6) is 0 Å². The molecule has 0 radical (unpaired) electrons. The van der Waals surface area contributed by atoms with E-state index in [0.717, 1.165) is 24.5 Å². The fourth-order valence-corrected chi connectivity index (χ4v) is 1.47. The van der Waals surface area contributed by atoms with Crippen molar-refractivity contribution in [2.24, 2.45) is 11.8 Å². The minimum atomic E-state index is -0.207. The van der Waals surface area contributed by atoms with Gasteiger partial charge in [0.2, 0.25) is 5.91 Å². The highest BCUT2D eigenvalue weighted by Gasteiger charge is 2.15. The van der Waals surface area contributed by atoms with Crippen LogP contribution in [0.3, 0.4) is 0 Å². The number of hydrogen-bond acceptors (Lipinski definition) is 4. The van der Waals surface area contributed by atoms with Gasteiger partial charge < -0.3 is 0 Å². The number of hydrazine groups is 1. The molecule has 1 aromatic rings. The highest BCUT2D eigenvalue weighted by Crippen LogP contribution is 2.05. The number of aromatic nitrogens is 3. The number of nitrogens with one attached hydrogen (secondary N) is 1. The number of nitrogens with zero attached hydrogens (tertiary/aromatic N) is 3. The van der Waals surface area contributed by atoms with Gasteiger partial charge in [0.1, 0.15) is 5.82 Å². The van der Waals surface area contributed by atoms with Crippen molar-refractivity contribution in [3.8, 4) is 0 Å². The predicted octanol–water partition coefficient (Wildman–Crippen LogP) is 0.0289. The average Bonchev–Trinajstić information content (AvgIpc) is 2.70. The molecule has 0 saturated heterocycles. The summed E-state index contributed by atoms with van der Waals surface area (Å²) in [4.78, 5) is 15.7. The molecule has 1 aromatic heterocycles. The summed E-state index contributed by atoms with van der Waals surface area (Å²) >= 11 is 0. The van der Waals surface area contributed by atoms with Crippen LogP contribution in [0.2, 0.25) is 0 Å². The van der Waals surface area contributed by atoms with Crippen molar-refractivity contribution in [3.63, 3.8) is 0 Å². The van der Waals surface area contributed by atoms with Crippen molar-refractivity contribution in [1.29, 1.82) is 0 Å². The molecule has 16 heavy (non-hydrogen) atoms. The molecule has 1 amide bonds. The Kier molecular flexibility index (Phi) is 4.42. The summed E-state index contributed by atoms with van der Waals surface area (Å²) < 4.78 is 1.79. The van der Waals surface area contributed by atoms with Crippen LogP contribution in [0, 0.1) is 5.92 Å². The molecule has 1 unspecified atom stereocenters. The molecule has 90 valence electrons. The van der Waals surface area contributed by atoms with Gasteiger partial charge >= 0.3 is 0 Å². The molecule has 0 aromatic carbocycles. The number of nitrogens with two attached hydrogens (primary N) is 1. The molecule has 0 aliphatic carbocycles. The maximum atomic E-state index is 11.3. The zero-order valence-electron chi connectivity index (χ0n) is 10.0. The van der Waals surface area contributed by atoms with Crippen LogP contribution in [-0.2, 0) is 24.2 Å². The molecule has 6 heteroatoms. The van der Waals surface area contributed by atoms with E-state index in [4.69, 9.17) is 5.84 Å². The topological polar surface area (TPSA) is 85.8 Å². The minimum Gasteiger partial charge on any atom is -0.294 e. The van der Waals surface area contributed by atoms with E-state index in [1.807, 2.05) is 20.8 Å². The highest BCUT2D eigenvalue weighted by atomic mass is 16.2. The summed E-state index contributed by atoms with van der Waals surface area (Å²) in [6.07, 6.45) is 1.61. The molecule has 1 atom stereocenters. The molecule has 0 saturated carbocycles. The third kappa shape index (κ3) is 2.79. The Bertz CT molecular complexity index is 360. The van der Waals surface area contributed by atoms with Gasteiger partial charge in [-0.05, 0) is 0 Å². The molecule has 0 bridgehead atoms. The molecule has 0 aliphatic rings. The summed E-state index contributed by atoms with van der Waals surface area (Å²) in [6.45, 7) is 6.36. The second-order valence-corrected chi connectivity index (χ2v) is 3.74. The summed E-state index contributed by atoms with van der Waals surface area (Å²) in [5.41, 5.74) is 2.14. The number of aryl methyl sites for hydroxylation is 2. The van der Waals surface area contributed by atoms with Gasteiger partial charge in [-0.25, -0.2) is 15.5 Å². The van der Waals surface area contributed by atoms with Crippen molar-refractivity contribution >= 4 is 5.91 Å². The van der Waals surface area contributed by atoms with E-state index in [1.54, 1.807) is 4.68 Å². The fourth-order valence-electron chi connectivity index (χ4n) is 1.47. The number of carbonyl (C=O) groups excluding carboxylic acids is 1. The molecule has 0 spiro atoms. The third-order valence-electron chi connectivity index (χ3n) is 2.46. The standard InChI is InChI=1S/C10H19N5O/c1-4-8-12-9(5-2)15(14-8)6-7(3)10(16)13-11/h7H,4-6,11H2,1-3H3,(H,13,16). The van der Waals surface area contributed by atoms with Crippen molar-refractivity contribution in [3.05, 3.63) is 11.6 Å². The molecule has 0 aliphatic heterocycles. The van der Waals surface area contributed by atoms with Gasteiger partial charge in [0.05, 0.1) is 12.5 Å². The Hall–Kier alpha value is -1.43. The van der Waals surface area contributed by atoms with Crippen LogP contribution in [0.1, 0.15) is 32.4 Å². The van der Waals surface area contributed by atoms with E-state index in [-0.39, 0.29) is 11.8 Å². The Balaban J connectivity index is 2.79. The molecule has 3 N–H and O–H groups in total. The molecule has 1 heterocycles. The summed E-state index contributed by atoms with van der Waals surface area (Å²) in [7, 11) is 0. The lowest BCUT2D eigenvalue weighted by Gasteiger charge is -2.10. The molecule has 0 fully saturated rings. The molecule has 1 rings (SSSR count). The van der Waals surface area contributed by atoms with Crippen molar-refractivity contribution in [2.45, 2.75) is 40.2 Å². The fraction of sp³-hybridized carbons (Fsp3) is 0.700. The van der Waals surface area contributed by atoms with Crippen LogP contribution >= 0.6 is 0 Å². The second kappa shape index (κ2) is 5.60. The van der Waals surface area contributed by atoms with Crippen LogP contribution in [0.4, 0.5) is 0 Å². The van der Waals surface area contributed by atoms with E-state index in [9.17, 15) is 4.79 Å². The van der Waals surface area contributed by atoms with E-state index in [0.29, 0.717) is 6.54 Å². The van der Waals surface area contributed by atoms with Crippen LogP contribution < -0.4 is 11.3 Å². The Labute approximate surface area is 95.2 Å². The van der Waals surface area contributed by atoms with Crippen molar-refractivity contribution < 1.29 is 4.79 Å². The predicted molar refractivity (Wildman–Crippen MR) is 60.3 cm³/mol. The number of rotatable bonds is 5. The van der Waals surface area contributed by atoms with E-state index in [1.165, 1.54) is 0 Å². The van der Waals surface area contributed by atoms with E-state index < -0.39 is 0 Å². The highest BCUT2D eigenvalue weighted by molar-refractivity contribution is 5.77. The van der Waals surface area contributed by atoms with E-state index in [2.05, 4.69) is 15.5 Å². The first-order valence-electron chi connectivity index (χ1n) is 5.55. The average molecular weight is 225 g/mol. The molecular weight excluding hydrogens is 206 g/mol. The van der Waals surface area contributed by atoms with Gasteiger partial charge in [0.15, 0.2) is 5.82 Å². The second-order valence-electron chi connectivity index (χ2n) is 3.74. The lowest BCUT2D eigenvalue weighted by Crippen LogP contribution is -2.36. The smallest absolute Gasteiger partial charge is 0.238 e. The lowest BCUT2D eigenvalue weighted by atomic mass is 10.2. The Morgan fingerprint density at radius 3 is 2.69 bits per heavy atom. The minimum absolute atomic E-state index is 0.185. The third-order valence-corrected chi connectivity index (χ3v) is 2.46. The molecule has 6 nitrogen and oxygen atoms in total. The maximum absolute atomic E-state index is 11.3. The van der Waals surface area contributed by atoms with E-state index >= 15 is 0 Å². The summed E-state index contributed by atoms with van der Waals surface area (Å²) in [6, 6.07) is 0. The zero-order chi connectivity index (χ0) is 12.1. The van der Waals surface area contributed by atoms with Gasteiger partial charge in [-0.2, -0.15) is 5.10 Å². The number of amides is 1. The lowest BCUT2D eigenvalue weighted by molar-refractivity contribution is -0.125. The monoisotopic (exact) mass is 225 g/mol. The summed E-state index contributed by atoms with van der Waals surface area (Å²) in [5, 5.41) is 4.34. The normalized spacial score (nSPS) is 12.5. The van der Waals surface area contributed by atoms with Crippen molar-refractivity contribution in [1.82, 2.24) is 20.2 Å². The first kappa shape index (κ1) is 12.6. The van der Waals surface area contributed by atoms with Crippen molar-refractivity contribution in [2.75, 3.05) is 0 Å². The van der Waals surface area contributed by atoms with Gasteiger partial charge in [-0.15, -0.1) is 0 Å². The number of hydrogen-bond donors (Lipinski definition) is 2. The molecular formula is C10H19N5O.